The molecule has 0 saturated heterocycles. The minimum atomic E-state index is -0.343. The lowest BCUT2D eigenvalue weighted by Gasteiger charge is -2.29. The van der Waals surface area contributed by atoms with Crippen molar-refractivity contribution in [3.63, 3.8) is 0 Å². The first-order valence-electron chi connectivity index (χ1n) is 6.91. The van der Waals surface area contributed by atoms with Crippen molar-refractivity contribution in [2.45, 2.75) is 37.8 Å². The summed E-state index contributed by atoms with van der Waals surface area (Å²) in [4.78, 5) is 12.0. The third-order valence-electron chi connectivity index (χ3n) is 3.82. The quantitative estimate of drug-likeness (QED) is 0.734. The van der Waals surface area contributed by atoms with Crippen LogP contribution in [-0.4, -0.2) is 32.3 Å². The predicted octanol–water partition coefficient (Wildman–Crippen LogP) is 4.37. The number of hydrogen-bond donors (Lipinski definition) is 1. The molecular formula is C15H19Br2NO3. The van der Waals surface area contributed by atoms with E-state index < -0.39 is 0 Å². The number of nitrogens with one attached hydrogen (secondary N) is 1. The number of benzene rings is 1. The predicted molar refractivity (Wildman–Crippen MR) is 89.9 cm³/mol. The van der Waals surface area contributed by atoms with Crippen LogP contribution >= 0.6 is 31.9 Å². The van der Waals surface area contributed by atoms with Crippen molar-refractivity contribution >= 4 is 43.5 Å². The smallest absolute Gasteiger partial charge is 0.340 e. The summed E-state index contributed by atoms with van der Waals surface area (Å²) in [5.41, 5.74) is 1.33. The number of esters is 1. The minimum Gasteiger partial charge on any atom is -0.465 e. The molecule has 1 saturated carbocycles. The molecule has 0 aromatic heterocycles. The first kappa shape index (κ1) is 16.8. The Morgan fingerprint density at radius 3 is 2.43 bits per heavy atom. The standard InChI is InChI=1S/C15H19Br2NO3/c1-20-11-5-3-10(4-6-11)18-14-12(15(19)21-2)7-9(16)8-13(14)17/h7-8,10-11,18H,3-6H2,1-2H3. The van der Waals surface area contributed by atoms with Crippen LogP contribution in [0.1, 0.15) is 36.0 Å². The van der Waals surface area contributed by atoms with Gasteiger partial charge in [-0.2, -0.15) is 0 Å². The molecular weight excluding hydrogens is 402 g/mol. The molecule has 0 heterocycles. The van der Waals surface area contributed by atoms with Gasteiger partial charge in [-0.05, 0) is 53.7 Å². The number of ether oxygens (including phenoxy) is 2. The second kappa shape index (κ2) is 7.61. The fourth-order valence-electron chi connectivity index (χ4n) is 2.64. The number of hydrogen-bond acceptors (Lipinski definition) is 4. The Bertz CT molecular complexity index is 514. The average Bonchev–Trinajstić information content (AvgIpc) is 2.49. The molecule has 21 heavy (non-hydrogen) atoms. The maximum Gasteiger partial charge on any atom is 0.340 e. The molecule has 116 valence electrons. The Balaban J connectivity index is 2.17. The Kier molecular flexibility index (Phi) is 6.08. The van der Waals surface area contributed by atoms with Crippen molar-refractivity contribution in [2.75, 3.05) is 19.5 Å². The van der Waals surface area contributed by atoms with E-state index in [1.54, 1.807) is 13.2 Å². The van der Waals surface area contributed by atoms with Gasteiger partial charge in [-0.15, -0.1) is 0 Å². The van der Waals surface area contributed by atoms with Crippen molar-refractivity contribution in [3.05, 3.63) is 26.6 Å². The van der Waals surface area contributed by atoms with Crippen LogP contribution in [0.4, 0.5) is 5.69 Å². The van der Waals surface area contributed by atoms with Crippen LogP contribution in [0.3, 0.4) is 0 Å². The molecule has 0 aliphatic heterocycles. The number of anilines is 1. The molecule has 1 N–H and O–H groups in total. The molecule has 6 heteroatoms. The molecule has 2 rings (SSSR count). The van der Waals surface area contributed by atoms with Gasteiger partial charge in [0.15, 0.2) is 0 Å². The van der Waals surface area contributed by atoms with Crippen molar-refractivity contribution in [2.24, 2.45) is 0 Å². The summed E-state index contributed by atoms with van der Waals surface area (Å²) >= 11 is 6.93. The van der Waals surface area contributed by atoms with E-state index in [-0.39, 0.29) is 5.97 Å². The normalized spacial score (nSPS) is 21.9. The molecule has 1 aromatic carbocycles. The Hall–Kier alpha value is -0.590. The fourth-order valence-corrected chi connectivity index (χ4v) is 3.98. The van der Waals surface area contributed by atoms with Gasteiger partial charge in [0, 0.05) is 22.1 Å². The number of carbonyl (C=O) groups excluding carboxylic acids is 1. The molecule has 1 fully saturated rings. The Morgan fingerprint density at radius 1 is 1.19 bits per heavy atom. The molecule has 0 spiro atoms. The first-order chi connectivity index (χ1) is 10.0. The van der Waals surface area contributed by atoms with Crippen molar-refractivity contribution in [1.82, 2.24) is 0 Å². The van der Waals surface area contributed by atoms with Gasteiger partial charge in [-0.1, -0.05) is 15.9 Å². The van der Waals surface area contributed by atoms with E-state index in [9.17, 15) is 4.79 Å². The van der Waals surface area contributed by atoms with Crippen molar-refractivity contribution < 1.29 is 14.3 Å². The van der Waals surface area contributed by atoms with E-state index in [2.05, 4.69) is 37.2 Å². The Labute approximate surface area is 141 Å². The molecule has 0 bridgehead atoms. The van der Waals surface area contributed by atoms with Gasteiger partial charge in [0.2, 0.25) is 0 Å². The first-order valence-corrected chi connectivity index (χ1v) is 8.50. The molecule has 1 aromatic rings. The highest BCUT2D eigenvalue weighted by atomic mass is 79.9. The van der Waals surface area contributed by atoms with Crippen LogP contribution in [0.5, 0.6) is 0 Å². The summed E-state index contributed by atoms with van der Waals surface area (Å²) in [6.45, 7) is 0. The van der Waals surface area contributed by atoms with E-state index in [0.717, 1.165) is 40.3 Å². The number of rotatable bonds is 4. The van der Waals surface area contributed by atoms with Gasteiger partial charge in [0.1, 0.15) is 0 Å². The topological polar surface area (TPSA) is 47.6 Å². The molecule has 0 unspecified atom stereocenters. The second-order valence-electron chi connectivity index (χ2n) is 5.16. The van der Waals surface area contributed by atoms with Gasteiger partial charge in [-0.3, -0.25) is 0 Å². The molecule has 4 nitrogen and oxygen atoms in total. The summed E-state index contributed by atoms with van der Waals surface area (Å²) in [7, 11) is 3.16. The highest BCUT2D eigenvalue weighted by molar-refractivity contribution is 9.11. The Morgan fingerprint density at radius 2 is 1.86 bits per heavy atom. The highest BCUT2D eigenvalue weighted by Crippen LogP contribution is 2.34. The van der Waals surface area contributed by atoms with Crippen molar-refractivity contribution in [1.29, 1.82) is 0 Å². The van der Waals surface area contributed by atoms with E-state index in [1.807, 2.05) is 6.07 Å². The molecule has 1 aliphatic rings. The van der Waals surface area contributed by atoms with E-state index in [4.69, 9.17) is 9.47 Å². The summed E-state index contributed by atoms with van der Waals surface area (Å²) in [6.07, 6.45) is 4.49. The number of halogens is 2. The van der Waals surface area contributed by atoms with E-state index in [1.165, 1.54) is 7.11 Å². The lowest BCUT2D eigenvalue weighted by Crippen LogP contribution is -2.30. The maximum atomic E-state index is 12.0. The van der Waals surface area contributed by atoms with Crippen LogP contribution in [-0.2, 0) is 9.47 Å². The summed E-state index contributed by atoms with van der Waals surface area (Å²) in [5.74, 6) is -0.343. The van der Waals surface area contributed by atoms with E-state index >= 15 is 0 Å². The van der Waals surface area contributed by atoms with Crippen LogP contribution in [0, 0.1) is 0 Å². The van der Waals surface area contributed by atoms with Gasteiger partial charge in [-0.25, -0.2) is 4.79 Å². The fraction of sp³-hybridized carbons (Fsp3) is 0.533. The van der Waals surface area contributed by atoms with Crippen LogP contribution in [0.15, 0.2) is 21.1 Å². The molecule has 0 amide bonds. The zero-order valence-corrected chi connectivity index (χ0v) is 15.3. The molecule has 0 radical (unpaired) electrons. The SMILES string of the molecule is COC(=O)c1cc(Br)cc(Br)c1NC1CCC(OC)CC1. The third kappa shape index (κ3) is 4.20. The lowest BCUT2D eigenvalue weighted by molar-refractivity contribution is 0.0600. The van der Waals surface area contributed by atoms with Crippen LogP contribution < -0.4 is 5.32 Å². The van der Waals surface area contributed by atoms with Crippen LogP contribution in [0.25, 0.3) is 0 Å². The monoisotopic (exact) mass is 419 g/mol. The zero-order valence-electron chi connectivity index (χ0n) is 12.1. The van der Waals surface area contributed by atoms with Gasteiger partial charge in [0.25, 0.3) is 0 Å². The minimum absolute atomic E-state index is 0.343. The van der Waals surface area contributed by atoms with Gasteiger partial charge in [0.05, 0.1) is 24.5 Å². The molecule has 1 aliphatic carbocycles. The summed E-state index contributed by atoms with van der Waals surface area (Å²) in [6, 6.07) is 4.05. The van der Waals surface area contributed by atoms with Crippen LogP contribution in [0.2, 0.25) is 0 Å². The van der Waals surface area contributed by atoms with Gasteiger partial charge < -0.3 is 14.8 Å². The molecule has 0 atom stereocenters. The summed E-state index contributed by atoms with van der Waals surface area (Å²) < 4.78 is 12.0. The number of methoxy groups -OCH3 is 2. The number of carbonyl (C=O) groups is 1. The maximum absolute atomic E-state index is 12.0. The highest BCUT2D eigenvalue weighted by Gasteiger charge is 2.23. The van der Waals surface area contributed by atoms with E-state index in [0.29, 0.717) is 17.7 Å². The van der Waals surface area contributed by atoms with Crippen molar-refractivity contribution in [3.8, 4) is 0 Å². The average molecular weight is 421 g/mol. The third-order valence-corrected chi connectivity index (χ3v) is 4.90. The second-order valence-corrected chi connectivity index (χ2v) is 6.93. The lowest BCUT2D eigenvalue weighted by atomic mass is 9.92. The zero-order chi connectivity index (χ0) is 15.4. The van der Waals surface area contributed by atoms with Gasteiger partial charge >= 0.3 is 5.97 Å². The summed E-state index contributed by atoms with van der Waals surface area (Å²) in [5, 5.41) is 3.48. The largest absolute Gasteiger partial charge is 0.465 e.